The highest BCUT2D eigenvalue weighted by Gasteiger charge is 2.18. The highest BCUT2D eigenvalue weighted by molar-refractivity contribution is 6.40. The molecule has 39 heavy (non-hydrogen) atoms. The summed E-state index contributed by atoms with van der Waals surface area (Å²) in [5.41, 5.74) is 2.56. The molecule has 0 fully saturated rings. The Labute approximate surface area is 237 Å². The number of halogens is 3. The van der Waals surface area contributed by atoms with Crippen LogP contribution in [0, 0.1) is 0 Å². The first-order chi connectivity index (χ1) is 18.8. The van der Waals surface area contributed by atoms with Gasteiger partial charge in [-0.3, -0.25) is 4.79 Å². The molecule has 9 nitrogen and oxygen atoms in total. The molecular weight excluding hydrogens is 567 g/mol. The quantitative estimate of drug-likeness (QED) is 0.196. The Bertz CT molecular complexity index is 1680. The van der Waals surface area contributed by atoms with E-state index in [1.165, 1.54) is 24.4 Å². The van der Waals surface area contributed by atoms with E-state index < -0.39 is 11.9 Å². The van der Waals surface area contributed by atoms with Gasteiger partial charge in [0.05, 0.1) is 28.5 Å². The van der Waals surface area contributed by atoms with Crippen molar-refractivity contribution in [1.82, 2.24) is 14.6 Å². The minimum Gasteiger partial charge on any atom is -0.483 e. The number of ether oxygens (including phenoxy) is 2. The van der Waals surface area contributed by atoms with Crippen LogP contribution in [-0.4, -0.2) is 33.1 Å². The standard InChI is InChI=1S/C27H19Cl3N4O5/c1-2-37-27(36)19-13-32-34-22(8-9-31-25(19)34)15-4-3-5-17(10-15)33-26(35)23-7-6-18(39-23)14-38-24-20(29)11-16(28)12-21(24)30/h3-13H,2,14H2,1H3,(H,33,35). The maximum atomic E-state index is 12.9. The Hall–Kier alpha value is -4.05. The van der Waals surface area contributed by atoms with Gasteiger partial charge >= 0.3 is 5.97 Å². The molecule has 5 aromatic rings. The predicted molar refractivity (Wildman–Crippen MR) is 147 cm³/mol. The van der Waals surface area contributed by atoms with Crippen LogP contribution in [0.15, 0.2) is 71.4 Å². The predicted octanol–water partition coefficient (Wildman–Crippen LogP) is 6.96. The third-order valence-electron chi connectivity index (χ3n) is 5.52. The number of aromatic nitrogens is 3. The maximum absolute atomic E-state index is 12.9. The van der Waals surface area contributed by atoms with Crippen LogP contribution in [0.25, 0.3) is 16.9 Å². The first-order valence-electron chi connectivity index (χ1n) is 11.6. The number of benzene rings is 2. The van der Waals surface area contributed by atoms with Gasteiger partial charge in [0, 0.05) is 22.5 Å². The Balaban J connectivity index is 1.30. The number of esters is 1. The summed E-state index contributed by atoms with van der Waals surface area (Å²) in [5.74, 6) is -0.208. The fourth-order valence-corrected chi connectivity index (χ4v) is 4.73. The van der Waals surface area contributed by atoms with Crippen molar-refractivity contribution in [2.24, 2.45) is 0 Å². The number of hydrogen-bond donors (Lipinski definition) is 1. The molecule has 12 heteroatoms. The second-order valence-corrected chi connectivity index (χ2v) is 9.38. The highest BCUT2D eigenvalue weighted by atomic mass is 35.5. The fraction of sp³-hybridized carbons (Fsp3) is 0.111. The fourth-order valence-electron chi connectivity index (χ4n) is 3.80. The lowest BCUT2D eigenvalue weighted by atomic mass is 10.1. The van der Waals surface area contributed by atoms with Crippen molar-refractivity contribution in [3.8, 4) is 17.0 Å². The minimum absolute atomic E-state index is 0.000460. The number of fused-ring (bicyclic) bond motifs is 1. The van der Waals surface area contributed by atoms with E-state index in [2.05, 4.69) is 15.4 Å². The van der Waals surface area contributed by atoms with Gasteiger partial charge < -0.3 is 19.2 Å². The molecule has 0 aliphatic rings. The van der Waals surface area contributed by atoms with E-state index in [-0.39, 0.29) is 40.3 Å². The molecule has 198 valence electrons. The number of nitrogens with one attached hydrogen (secondary N) is 1. The maximum Gasteiger partial charge on any atom is 0.343 e. The molecule has 2 aromatic carbocycles. The van der Waals surface area contributed by atoms with Gasteiger partial charge in [-0.25, -0.2) is 14.3 Å². The molecule has 0 saturated carbocycles. The average molecular weight is 586 g/mol. The molecule has 3 heterocycles. The van der Waals surface area contributed by atoms with Crippen LogP contribution in [-0.2, 0) is 11.3 Å². The summed E-state index contributed by atoms with van der Waals surface area (Å²) in [6.07, 6.45) is 3.00. The van der Waals surface area contributed by atoms with E-state index in [1.54, 1.807) is 48.0 Å². The molecule has 1 amide bonds. The van der Waals surface area contributed by atoms with Crippen molar-refractivity contribution in [3.63, 3.8) is 0 Å². The summed E-state index contributed by atoms with van der Waals surface area (Å²) in [6, 6.07) is 15.1. The zero-order valence-corrected chi connectivity index (χ0v) is 22.5. The number of furan rings is 1. The van der Waals surface area contributed by atoms with Crippen molar-refractivity contribution >= 4 is 58.0 Å². The molecule has 0 atom stereocenters. The Morgan fingerprint density at radius 3 is 2.62 bits per heavy atom. The molecule has 3 aromatic heterocycles. The normalized spacial score (nSPS) is 11.0. The lowest BCUT2D eigenvalue weighted by Crippen LogP contribution is -2.11. The molecule has 0 radical (unpaired) electrons. The summed E-state index contributed by atoms with van der Waals surface area (Å²) in [6.45, 7) is 1.97. The molecule has 1 N–H and O–H groups in total. The summed E-state index contributed by atoms with van der Waals surface area (Å²) < 4.78 is 17.9. The van der Waals surface area contributed by atoms with Gasteiger partial charge in [-0.2, -0.15) is 5.10 Å². The molecule has 0 bridgehead atoms. The van der Waals surface area contributed by atoms with Crippen molar-refractivity contribution in [3.05, 3.63) is 99.1 Å². The van der Waals surface area contributed by atoms with Crippen molar-refractivity contribution in [2.75, 3.05) is 11.9 Å². The minimum atomic E-state index is -0.499. The van der Waals surface area contributed by atoms with E-state index in [0.29, 0.717) is 27.8 Å². The molecule has 0 aliphatic carbocycles. The number of hydrogen-bond acceptors (Lipinski definition) is 7. The van der Waals surface area contributed by atoms with Crippen molar-refractivity contribution in [2.45, 2.75) is 13.5 Å². The smallest absolute Gasteiger partial charge is 0.343 e. The Kier molecular flexibility index (Phi) is 7.74. The molecule has 0 spiro atoms. The van der Waals surface area contributed by atoms with E-state index in [9.17, 15) is 9.59 Å². The van der Waals surface area contributed by atoms with Gasteiger partial charge in [0.25, 0.3) is 5.91 Å². The van der Waals surface area contributed by atoms with Crippen molar-refractivity contribution in [1.29, 1.82) is 0 Å². The second-order valence-electron chi connectivity index (χ2n) is 8.13. The van der Waals surface area contributed by atoms with Crippen molar-refractivity contribution < 1.29 is 23.5 Å². The number of carbonyl (C=O) groups is 2. The molecule has 5 rings (SSSR count). The largest absolute Gasteiger partial charge is 0.483 e. The van der Waals surface area contributed by atoms with Crippen LogP contribution in [0.2, 0.25) is 15.1 Å². The van der Waals surface area contributed by atoms with Gasteiger partial charge in [0.1, 0.15) is 17.9 Å². The van der Waals surface area contributed by atoms with E-state index >= 15 is 0 Å². The van der Waals surface area contributed by atoms with Crippen LogP contribution in [0.3, 0.4) is 0 Å². The van der Waals surface area contributed by atoms with E-state index in [4.69, 9.17) is 48.7 Å². The number of anilines is 1. The van der Waals surface area contributed by atoms with Crippen LogP contribution >= 0.6 is 34.8 Å². The first kappa shape index (κ1) is 26.6. The lowest BCUT2D eigenvalue weighted by Gasteiger charge is -2.09. The molecular formula is C27H19Cl3N4O5. The zero-order valence-electron chi connectivity index (χ0n) is 20.3. The summed E-state index contributed by atoms with van der Waals surface area (Å²) >= 11 is 18.2. The first-order valence-corrected chi connectivity index (χ1v) is 12.7. The summed E-state index contributed by atoms with van der Waals surface area (Å²) in [4.78, 5) is 29.4. The van der Waals surface area contributed by atoms with Crippen LogP contribution in [0.5, 0.6) is 5.75 Å². The van der Waals surface area contributed by atoms with Gasteiger partial charge in [0.15, 0.2) is 17.2 Å². The van der Waals surface area contributed by atoms with E-state index in [0.717, 1.165) is 5.56 Å². The topological polar surface area (TPSA) is 108 Å². The van der Waals surface area contributed by atoms with Gasteiger partial charge in [-0.1, -0.05) is 46.9 Å². The number of rotatable bonds is 8. The van der Waals surface area contributed by atoms with Crippen LogP contribution < -0.4 is 10.1 Å². The van der Waals surface area contributed by atoms with Gasteiger partial charge in [-0.15, -0.1) is 0 Å². The SMILES string of the molecule is CCOC(=O)c1cnn2c(-c3cccc(NC(=O)c4ccc(COc5c(Cl)cc(Cl)cc5Cl)o4)c3)ccnc12. The average Bonchev–Trinajstić information content (AvgIpc) is 3.56. The molecule has 0 saturated heterocycles. The Morgan fingerprint density at radius 2 is 1.85 bits per heavy atom. The van der Waals surface area contributed by atoms with Gasteiger partial charge in [0.2, 0.25) is 0 Å². The third-order valence-corrected chi connectivity index (χ3v) is 6.30. The molecule has 0 aliphatic heterocycles. The van der Waals surface area contributed by atoms with Crippen LogP contribution in [0.4, 0.5) is 5.69 Å². The van der Waals surface area contributed by atoms with E-state index in [1.807, 2.05) is 6.07 Å². The van der Waals surface area contributed by atoms with Crippen LogP contribution in [0.1, 0.15) is 33.6 Å². The Morgan fingerprint density at radius 1 is 1.05 bits per heavy atom. The third kappa shape index (κ3) is 5.70. The zero-order chi connectivity index (χ0) is 27.5. The lowest BCUT2D eigenvalue weighted by molar-refractivity contribution is 0.0528. The highest BCUT2D eigenvalue weighted by Crippen LogP contribution is 2.36. The summed E-state index contributed by atoms with van der Waals surface area (Å²) in [7, 11) is 0. The monoisotopic (exact) mass is 584 g/mol. The second kappa shape index (κ2) is 11.4. The van der Waals surface area contributed by atoms with Gasteiger partial charge in [-0.05, 0) is 49.4 Å². The number of nitrogens with zero attached hydrogens (tertiary/aromatic N) is 3. The number of amides is 1. The molecule has 0 unspecified atom stereocenters. The summed E-state index contributed by atoms with van der Waals surface area (Å²) in [5, 5.41) is 8.03. The number of carbonyl (C=O) groups excluding carboxylic acids is 2.